The normalized spacial score (nSPS) is 28.8. The number of ether oxygens (including phenoxy) is 1. The van der Waals surface area contributed by atoms with Gasteiger partial charge in [-0.2, -0.15) is 0 Å². The molecule has 0 radical (unpaired) electrons. The van der Waals surface area contributed by atoms with E-state index < -0.39 is 34.2 Å². The molecular weight excluding hydrogens is 538 g/mol. The zero-order chi connectivity index (χ0) is 30.3. The number of likely N-dealkylation sites (tertiary alicyclic amines) is 1. The summed E-state index contributed by atoms with van der Waals surface area (Å²) in [6.07, 6.45) is 2.99. The van der Waals surface area contributed by atoms with E-state index in [1.54, 1.807) is 28.8 Å². The van der Waals surface area contributed by atoms with Crippen molar-refractivity contribution in [2.45, 2.75) is 109 Å². The highest BCUT2D eigenvalue weighted by Crippen LogP contribution is 2.67. The average Bonchev–Trinajstić information content (AvgIpc) is 3.51. The van der Waals surface area contributed by atoms with Crippen LogP contribution in [-0.4, -0.2) is 68.6 Å². The number of hydrogen-bond donors (Lipinski definition) is 3. The van der Waals surface area contributed by atoms with Crippen LogP contribution >= 0.6 is 11.8 Å². The van der Waals surface area contributed by atoms with Gasteiger partial charge in [0.2, 0.25) is 17.7 Å². The predicted molar refractivity (Wildman–Crippen MR) is 164 cm³/mol. The summed E-state index contributed by atoms with van der Waals surface area (Å²) in [7, 11) is 0. The summed E-state index contributed by atoms with van der Waals surface area (Å²) in [6.45, 7) is 16.8. The number of fused-ring (bicyclic) bond motifs is 1. The molecule has 4 rings (SSSR count). The number of aliphatic hydroxyl groups excluding tert-OH is 1. The monoisotopic (exact) mass is 587 g/mol. The number of benzene rings is 1. The van der Waals surface area contributed by atoms with Crippen LogP contribution in [0.4, 0.5) is 5.69 Å². The maximum absolute atomic E-state index is 14.4. The van der Waals surface area contributed by atoms with Crippen molar-refractivity contribution in [2.24, 2.45) is 23.2 Å². The molecular formula is C32H49N3O5S. The van der Waals surface area contributed by atoms with Crippen molar-refractivity contribution in [3.05, 3.63) is 24.3 Å². The third-order valence-corrected chi connectivity index (χ3v) is 11.0. The summed E-state index contributed by atoms with van der Waals surface area (Å²) in [6, 6.07) is 6.00. The van der Waals surface area contributed by atoms with Crippen LogP contribution in [0.3, 0.4) is 0 Å². The molecule has 0 saturated carbocycles. The molecule has 1 spiro atoms. The molecule has 9 heteroatoms. The topological polar surface area (TPSA) is 108 Å². The van der Waals surface area contributed by atoms with E-state index in [1.807, 2.05) is 46.8 Å². The van der Waals surface area contributed by atoms with E-state index in [0.29, 0.717) is 18.7 Å². The van der Waals surface area contributed by atoms with Gasteiger partial charge < -0.3 is 25.4 Å². The van der Waals surface area contributed by atoms with Crippen molar-refractivity contribution in [3.63, 3.8) is 0 Å². The first-order chi connectivity index (χ1) is 19.2. The number of carbonyl (C=O) groups is 3. The molecule has 0 aromatic heterocycles. The van der Waals surface area contributed by atoms with Gasteiger partial charge in [-0.15, -0.1) is 11.8 Å². The molecule has 41 heavy (non-hydrogen) atoms. The van der Waals surface area contributed by atoms with Gasteiger partial charge in [0, 0.05) is 16.5 Å². The second-order valence-corrected chi connectivity index (χ2v) is 15.6. The van der Waals surface area contributed by atoms with Crippen LogP contribution in [0.15, 0.2) is 24.3 Å². The number of aliphatic hydroxyl groups is 1. The fourth-order valence-electron chi connectivity index (χ4n) is 7.66. The van der Waals surface area contributed by atoms with Crippen molar-refractivity contribution in [1.82, 2.24) is 10.2 Å². The number of hydrogen-bond acceptors (Lipinski definition) is 6. The minimum absolute atomic E-state index is 0.00223. The van der Waals surface area contributed by atoms with Crippen molar-refractivity contribution in [3.8, 4) is 5.75 Å². The number of anilines is 1. The fraction of sp³-hybridized carbons (Fsp3) is 0.719. The molecule has 0 aliphatic carbocycles. The largest absolute Gasteiger partial charge is 0.494 e. The van der Waals surface area contributed by atoms with E-state index in [0.717, 1.165) is 25.0 Å². The lowest BCUT2D eigenvalue weighted by Gasteiger charge is -2.41. The van der Waals surface area contributed by atoms with Crippen LogP contribution < -0.4 is 15.4 Å². The number of carbonyl (C=O) groups excluding carboxylic acids is 3. The fourth-order valence-corrected chi connectivity index (χ4v) is 9.87. The Morgan fingerprint density at radius 2 is 1.80 bits per heavy atom. The highest BCUT2D eigenvalue weighted by molar-refractivity contribution is 8.02. The Hall–Kier alpha value is -2.26. The zero-order valence-corrected chi connectivity index (χ0v) is 26.8. The lowest BCUT2D eigenvalue weighted by Crippen LogP contribution is -2.61. The third kappa shape index (κ3) is 6.12. The third-order valence-electron chi connectivity index (χ3n) is 9.00. The van der Waals surface area contributed by atoms with Crippen LogP contribution in [0.5, 0.6) is 5.75 Å². The van der Waals surface area contributed by atoms with Gasteiger partial charge in [-0.05, 0) is 75.6 Å². The lowest BCUT2D eigenvalue weighted by atomic mass is 9.70. The van der Waals surface area contributed by atoms with E-state index in [2.05, 4.69) is 31.4 Å². The Kier molecular flexibility index (Phi) is 9.11. The number of amides is 3. The van der Waals surface area contributed by atoms with E-state index in [9.17, 15) is 19.5 Å². The van der Waals surface area contributed by atoms with Gasteiger partial charge in [0.05, 0.1) is 35.8 Å². The Morgan fingerprint density at radius 3 is 2.37 bits per heavy atom. The Morgan fingerprint density at radius 1 is 1.15 bits per heavy atom. The zero-order valence-electron chi connectivity index (χ0n) is 26.0. The van der Waals surface area contributed by atoms with Gasteiger partial charge in [0.25, 0.3) is 0 Å². The first-order valence-corrected chi connectivity index (χ1v) is 16.0. The Balaban J connectivity index is 1.68. The van der Waals surface area contributed by atoms with Gasteiger partial charge in [-0.1, -0.05) is 41.0 Å². The molecule has 3 amide bonds. The highest BCUT2D eigenvalue weighted by Gasteiger charge is 2.74. The van der Waals surface area contributed by atoms with Crippen LogP contribution in [0.1, 0.15) is 81.1 Å². The van der Waals surface area contributed by atoms with Crippen molar-refractivity contribution >= 4 is 35.2 Å². The SMILES string of the molecule is CCOc1ccc(NC(=O)[C@@H]2[C@H]3C(=O)N([C@@H](CO)[C@@H](C)CC)C(C(=O)NC(C)(C)CC(C)(C)C)C34CC[C@H]2S4)cc1. The second kappa shape index (κ2) is 11.8. The van der Waals surface area contributed by atoms with Gasteiger partial charge in [0.15, 0.2) is 0 Å². The molecule has 3 aliphatic rings. The molecule has 3 N–H and O–H groups in total. The summed E-state index contributed by atoms with van der Waals surface area (Å²) in [5.41, 5.74) is 0.154. The average molecular weight is 588 g/mol. The predicted octanol–water partition coefficient (Wildman–Crippen LogP) is 4.85. The molecule has 8 nitrogen and oxygen atoms in total. The molecule has 2 unspecified atom stereocenters. The van der Waals surface area contributed by atoms with E-state index in [1.165, 1.54) is 0 Å². The molecule has 1 aromatic rings. The van der Waals surface area contributed by atoms with Crippen molar-refractivity contribution in [2.75, 3.05) is 18.5 Å². The van der Waals surface area contributed by atoms with Crippen LogP contribution in [0.2, 0.25) is 0 Å². The maximum Gasteiger partial charge on any atom is 0.244 e. The number of nitrogens with zero attached hydrogens (tertiary/aromatic N) is 1. The van der Waals surface area contributed by atoms with Gasteiger partial charge >= 0.3 is 0 Å². The van der Waals surface area contributed by atoms with Crippen LogP contribution in [-0.2, 0) is 14.4 Å². The molecule has 2 bridgehead atoms. The molecule has 1 aromatic carbocycles. The van der Waals surface area contributed by atoms with Gasteiger partial charge in [-0.25, -0.2) is 0 Å². The summed E-state index contributed by atoms with van der Waals surface area (Å²) < 4.78 is 4.82. The summed E-state index contributed by atoms with van der Waals surface area (Å²) in [5, 5.41) is 16.8. The maximum atomic E-state index is 14.4. The van der Waals surface area contributed by atoms with Crippen LogP contribution in [0.25, 0.3) is 0 Å². The Bertz CT molecular complexity index is 1130. The van der Waals surface area contributed by atoms with Crippen molar-refractivity contribution in [1.29, 1.82) is 0 Å². The van der Waals surface area contributed by atoms with E-state index in [-0.39, 0.29) is 40.9 Å². The first kappa shape index (κ1) is 31.7. The van der Waals surface area contributed by atoms with E-state index in [4.69, 9.17) is 4.74 Å². The minimum Gasteiger partial charge on any atom is -0.494 e. The summed E-state index contributed by atoms with van der Waals surface area (Å²) >= 11 is 1.65. The molecule has 3 aliphatic heterocycles. The van der Waals surface area contributed by atoms with Gasteiger partial charge in [-0.3, -0.25) is 14.4 Å². The first-order valence-electron chi connectivity index (χ1n) is 15.1. The number of rotatable bonds is 11. The summed E-state index contributed by atoms with van der Waals surface area (Å²) in [5.74, 6) is -0.997. The van der Waals surface area contributed by atoms with Gasteiger partial charge in [0.1, 0.15) is 11.8 Å². The molecule has 3 saturated heterocycles. The quantitative estimate of drug-likeness (QED) is 0.342. The van der Waals surface area contributed by atoms with E-state index >= 15 is 0 Å². The molecule has 228 valence electrons. The van der Waals surface area contributed by atoms with Crippen LogP contribution in [0, 0.1) is 23.2 Å². The number of thioether (sulfide) groups is 1. The number of nitrogens with one attached hydrogen (secondary N) is 2. The Labute approximate surface area is 249 Å². The summed E-state index contributed by atoms with van der Waals surface area (Å²) in [4.78, 5) is 44.2. The van der Waals surface area contributed by atoms with Crippen molar-refractivity contribution < 1.29 is 24.2 Å². The second-order valence-electron chi connectivity index (χ2n) is 14.0. The molecule has 3 fully saturated rings. The highest BCUT2D eigenvalue weighted by atomic mass is 32.2. The lowest BCUT2D eigenvalue weighted by molar-refractivity contribution is -0.143. The minimum atomic E-state index is -0.747. The molecule has 3 heterocycles. The standard InChI is InChI=1S/C32H49N3O5S/c1-9-19(3)22(17-36)35-26(28(38)34-31(7,8)18-30(4,5)6)32-16-15-23(41-32)24(25(32)29(35)39)27(37)33-20-11-13-21(14-12-20)40-10-2/h11-14,19,22-26,36H,9-10,15-18H2,1-8H3,(H,33,37)(H,34,38)/t19-,22-,23+,24-,25-,26?,32?/m0/s1. The molecule has 7 atom stereocenters. The smallest absolute Gasteiger partial charge is 0.244 e.